The van der Waals surface area contributed by atoms with Gasteiger partial charge in [-0.1, -0.05) is 18.2 Å². The number of phenols is 1. The van der Waals surface area contributed by atoms with Crippen molar-refractivity contribution < 1.29 is 9.50 Å². The molecule has 2 aromatic rings. The molecule has 0 radical (unpaired) electrons. The fourth-order valence-electron chi connectivity index (χ4n) is 1.45. The van der Waals surface area contributed by atoms with Gasteiger partial charge in [0.05, 0.1) is 0 Å². The van der Waals surface area contributed by atoms with Gasteiger partial charge in [0.2, 0.25) is 0 Å². The summed E-state index contributed by atoms with van der Waals surface area (Å²) < 4.78 is 13.4. The van der Waals surface area contributed by atoms with E-state index in [4.69, 9.17) is 5.73 Å². The van der Waals surface area contributed by atoms with Crippen LogP contribution in [-0.2, 0) is 0 Å². The molecule has 2 rings (SSSR count). The van der Waals surface area contributed by atoms with E-state index < -0.39 is 0 Å². The van der Waals surface area contributed by atoms with Crippen LogP contribution in [0.2, 0.25) is 0 Å². The third-order valence-electron chi connectivity index (χ3n) is 2.18. The van der Waals surface area contributed by atoms with Gasteiger partial charge in [0, 0.05) is 16.8 Å². The molecule has 0 unspecified atom stereocenters. The Kier molecular flexibility index (Phi) is 2.29. The molecule has 3 heteroatoms. The normalized spacial score (nSPS) is 10.2. The molecule has 2 nitrogen and oxygen atoms in total. The molecule has 2 aromatic carbocycles. The maximum Gasteiger partial charge on any atom is 0.131 e. The Morgan fingerprint density at radius 1 is 1.00 bits per heavy atom. The maximum absolute atomic E-state index is 13.4. The molecule has 0 bridgehead atoms. The highest BCUT2D eigenvalue weighted by molar-refractivity contribution is 5.73. The van der Waals surface area contributed by atoms with Gasteiger partial charge < -0.3 is 10.8 Å². The van der Waals surface area contributed by atoms with Gasteiger partial charge in [-0.15, -0.1) is 0 Å². The number of hydrogen-bond acceptors (Lipinski definition) is 2. The van der Waals surface area contributed by atoms with Gasteiger partial charge >= 0.3 is 0 Å². The second-order valence-corrected chi connectivity index (χ2v) is 3.26. The SMILES string of the molecule is Nc1ccc(O)c(-c2ccccc2F)c1. The third-order valence-corrected chi connectivity index (χ3v) is 2.18. The first-order chi connectivity index (χ1) is 7.18. The molecule has 0 aliphatic rings. The van der Waals surface area contributed by atoms with Crippen molar-refractivity contribution in [3.05, 3.63) is 48.3 Å². The number of anilines is 1. The van der Waals surface area contributed by atoms with Crippen molar-refractivity contribution in [3.8, 4) is 16.9 Å². The van der Waals surface area contributed by atoms with Crippen LogP contribution in [0.25, 0.3) is 11.1 Å². The second-order valence-electron chi connectivity index (χ2n) is 3.26. The van der Waals surface area contributed by atoms with E-state index in [1.807, 2.05) is 0 Å². The number of rotatable bonds is 1. The molecule has 0 amide bonds. The Balaban J connectivity index is 2.64. The zero-order chi connectivity index (χ0) is 10.8. The molecule has 0 fully saturated rings. The number of nitrogens with two attached hydrogens (primary N) is 1. The van der Waals surface area contributed by atoms with Gasteiger partial charge in [-0.25, -0.2) is 4.39 Å². The number of hydrogen-bond donors (Lipinski definition) is 2. The van der Waals surface area contributed by atoms with Gasteiger partial charge in [-0.05, 0) is 24.3 Å². The first-order valence-corrected chi connectivity index (χ1v) is 4.52. The van der Waals surface area contributed by atoms with Crippen LogP contribution in [0, 0.1) is 5.82 Å². The summed E-state index contributed by atoms with van der Waals surface area (Å²) >= 11 is 0. The van der Waals surface area contributed by atoms with Gasteiger partial charge in [-0.3, -0.25) is 0 Å². The maximum atomic E-state index is 13.4. The van der Waals surface area contributed by atoms with Gasteiger partial charge in [0.25, 0.3) is 0 Å². The molecule has 3 N–H and O–H groups in total. The summed E-state index contributed by atoms with van der Waals surface area (Å²) in [6, 6.07) is 10.8. The lowest BCUT2D eigenvalue weighted by Gasteiger charge is -2.06. The molecule has 0 aliphatic carbocycles. The van der Waals surface area contributed by atoms with E-state index in [2.05, 4.69) is 0 Å². The van der Waals surface area contributed by atoms with Crippen LogP contribution in [0.1, 0.15) is 0 Å². The van der Waals surface area contributed by atoms with Crippen molar-refractivity contribution in [1.29, 1.82) is 0 Å². The molecular formula is C12H10FNO. The van der Waals surface area contributed by atoms with E-state index in [1.54, 1.807) is 30.3 Å². The molecule has 0 heterocycles. The number of phenolic OH excluding ortho intramolecular Hbond substituents is 1. The zero-order valence-electron chi connectivity index (χ0n) is 7.94. The Labute approximate surface area is 86.8 Å². The van der Waals surface area contributed by atoms with Gasteiger partial charge in [-0.2, -0.15) is 0 Å². The topological polar surface area (TPSA) is 46.2 Å². The van der Waals surface area contributed by atoms with Crippen molar-refractivity contribution in [1.82, 2.24) is 0 Å². The van der Waals surface area contributed by atoms with Gasteiger partial charge in [0.1, 0.15) is 11.6 Å². The minimum absolute atomic E-state index is 0.0225. The molecule has 0 atom stereocenters. The van der Waals surface area contributed by atoms with Crippen LogP contribution in [-0.4, -0.2) is 5.11 Å². The van der Waals surface area contributed by atoms with Crippen molar-refractivity contribution >= 4 is 5.69 Å². The van der Waals surface area contributed by atoms with Crippen LogP contribution >= 0.6 is 0 Å². The predicted octanol–water partition coefficient (Wildman–Crippen LogP) is 2.78. The minimum atomic E-state index is -0.376. The summed E-state index contributed by atoms with van der Waals surface area (Å²) in [4.78, 5) is 0. The van der Waals surface area contributed by atoms with Crippen LogP contribution in [0.4, 0.5) is 10.1 Å². The molecule has 15 heavy (non-hydrogen) atoms. The van der Waals surface area contributed by atoms with Crippen LogP contribution in [0.3, 0.4) is 0 Å². The van der Waals surface area contributed by atoms with Crippen molar-refractivity contribution in [3.63, 3.8) is 0 Å². The summed E-state index contributed by atoms with van der Waals surface area (Å²) in [5.74, 6) is -0.354. The fraction of sp³-hybridized carbons (Fsp3) is 0. The van der Waals surface area contributed by atoms with Gasteiger partial charge in [0.15, 0.2) is 0 Å². The fourth-order valence-corrected chi connectivity index (χ4v) is 1.45. The number of benzene rings is 2. The first kappa shape index (κ1) is 9.52. The summed E-state index contributed by atoms with van der Waals surface area (Å²) in [7, 11) is 0. The number of halogens is 1. The first-order valence-electron chi connectivity index (χ1n) is 4.52. The smallest absolute Gasteiger partial charge is 0.131 e. The summed E-state index contributed by atoms with van der Waals surface area (Å²) in [5.41, 5.74) is 6.83. The average Bonchev–Trinajstić information content (AvgIpc) is 2.23. The standard InChI is InChI=1S/C12H10FNO/c13-11-4-2-1-3-9(11)10-7-8(14)5-6-12(10)15/h1-7,15H,14H2. The van der Waals surface area contributed by atoms with E-state index in [0.29, 0.717) is 16.8 Å². The highest BCUT2D eigenvalue weighted by Gasteiger charge is 2.08. The quantitative estimate of drug-likeness (QED) is 0.553. The minimum Gasteiger partial charge on any atom is -0.507 e. The summed E-state index contributed by atoms with van der Waals surface area (Å²) in [6.07, 6.45) is 0. The predicted molar refractivity (Wildman–Crippen MR) is 57.9 cm³/mol. The average molecular weight is 203 g/mol. The molecule has 0 saturated heterocycles. The monoisotopic (exact) mass is 203 g/mol. The van der Waals surface area contributed by atoms with Crippen molar-refractivity contribution in [2.24, 2.45) is 0 Å². The second kappa shape index (κ2) is 3.61. The largest absolute Gasteiger partial charge is 0.507 e. The molecule has 0 spiro atoms. The molecular weight excluding hydrogens is 193 g/mol. The molecule has 0 aromatic heterocycles. The zero-order valence-corrected chi connectivity index (χ0v) is 7.94. The number of aromatic hydroxyl groups is 1. The molecule has 0 saturated carbocycles. The summed E-state index contributed by atoms with van der Waals surface area (Å²) in [5, 5.41) is 9.59. The Bertz CT molecular complexity index is 497. The number of nitrogen functional groups attached to an aromatic ring is 1. The van der Waals surface area contributed by atoms with Crippen molar-refractivity contribution in [2.45, 2.75) is 0 Å². The Morgan fingerprint density at radius 3 is 2.47 bits per heavy atom. The highest BCUT2D eigenvalue weighted by atomic mass is 19.1. The van der Waals surface area contributed by atoms with Crippen LogP contribution in [0.5, 0.6) is 5.75 Å². The Morgan fingerprint density at radius 2 is 1.73 bits per heavy atom. The lowest BCUT2D eigenvalue weighted by Crippen LogP contribution is -1.88. The molecule has 76 valence electrons. The summed E-state index contributed by atoms with van der Waals surface area (Å²) in [6.45, 7) is 0. The highest BCUT2D eigenvalue weighted by Crippen LogP contribution is 2.32. The van der Waals surface area contributed by atoms with E-state index >= 15 is 0 Å². The molecule has 0 aliphatic heterocycles. The van der Waals surface area contributed by atoms with E-state index in [1.165, 1.54) is 12.1 Å². The van der Waals surface area contributed by atoms with Crippen LogP contribution < -0.4 is 5.73 Å². The third kappa shape index (κ3) is 1.76. The van der Waals surface area contributed by atoms with Crippen molar-refractivity contribution in [2.75, 3.05) is 5.73 Å². The van der Waals surface area contributed by atoms with E-state index in [0.717, 1.165) is 0 Å². The van der Waals surface area contributed by atoms with Crippen LogP contribution in [0.15, 0.2) is 42.5 Å². The lowest BCUT2D eigenvalue weighted by atomic mass is 10.0. The van der Waals surface area contributed by atoms with E-state index in [-0.39, 0.29) is 11.6 Å². The Hall–Kier alpha value is -2.03. The van der Waals surface area contributed by atoms with E-state index in [9.17, 15) is 9.50 Å². The lowest BCUT2D eigenvalue weighted by molar-refractivity contribution is 0.477.